The zero-order valence-electron chi connectivity index (χ0n) is 9.62. The molecule has 2 aromatic carbocycles. The van der Waals surface area contributed by atoms with Crippen LogP contribution < -0.4 is 0 Å². The number of aliphatic hydroxyl groups excluding tert-OH is 1. The van der Waals surface area contributed by atoms with Gasteiger partial charge in [-0.3, -0.25) is 0 Å². The number of benzene rings is 2. The summed E-state index contributed by atoms with van der Waals surface area (Å²) in [6.07, 6.45) is -1.04. The Labute approximate surface area is 115 Å². The zero-order valence-corrected chi connectivity index (χ0v) is 11.1. The smallest absolute Gasteiger partial charge is 0.126 e. The van der Waals surface area contributed by atoms with E-state index in [0.29, 0.717) is 26.7 Å². The summed E-state index contributed by atoms with van der Waals surface area (Å²) in [6, 6.07) is 9.52. The highest BCUT2D eigenvalue weighted by molar-refractivity contribution is 6.36. The van der Waals surface area contributed by atoms with Crippen LogP contribution >= 0.6 is 23.2 Å². The fourth-order valence-corrected chi connectivity index (χ4v) is 2.32. The maximum absolute atomic E-state index is 13.5. The normalized spacial score (nSPS) is 12.5. The predicted octanol–water partition coefficient (Wildman–Crippen LogP) is 4.52. The third kappa shape index (κ3) is 2.51. The van der Waals surface area contributed by atoms with Crippen LogP contribution in [0.2, 0.25) is 10.0 Å². The van der Waals surface area contributed by atoms with Gasteiger partial charge in [0.1, 0.15) is 11.9 Å². The van der Waals surface area contributed by atoms with Crippen molar-refractivity contribution in [3.05, 3.63) is 69.0 Å². The summed E-state index contributed by atoms with van der Waals surface area (Å²) in [7, 11) is 0. The number of rotatable bonds is 2. The SMILES string of the molecule is Cc1ccc(C(O)c2c(Cl)cccc2Cl)cc1F. The second kappa shape index (κ2) is 5.27. The number of halogens is 3. The molecule has 18 heavy (non-hydrogen) atoms. The molecule has 0 bridgehead atoms. The van der Waals surface area contributed by atoms with E-state index >= 15 is 0 Å². The van der Waals surface area contributed by atoms with E-state index in [2.05, 4.69) is 0 Å². The molecule has 0 heterocycles. The van der Waals surface area contributed by atoms with Crippen molar-refractivity contribution in [3.8, 4) is 0 Å². The third-order valence-electron chi connectivity index (χ3n) is 2.78. The molecule has 0 radical (unpaired) electrons. The molecule has 1 N–H and O–H groups in total. The largest absolute Gasteiger partial charge is 0.384 e. The molecule has 2 rings (SSSR count). The van der Waals surface area contributed by atoms with Crippen molar-refractivity contribution in [2.24, 2.45) is 0 Å². The van der Waals surface area contributed by atoms with Gasteiger partial charge in [0.15, 0.2) is 0 Å². The average Bonchev–Trinajstić information content (AvgIpc) is 2.32. The molecule has 0 amide bonds. The van der Waals surface area contributed by atoms with Crippen LogP contribution in [0, 0.1) is 12.7 Å². The molecule has 4 heteroatoms. The molecule has 0 aliphatic carbocycles. The Hall–Kier alpha value is -1.09. The van der Waals surface area contributed by atoms with Crippen molar-refractivity contribution in [3.63, 3.8) is 0 Å². The van der Waals surface area contributed by atoms with Crippen molar-refractivity contribution < 1.29 is 9.50 Å². The maximum Gasteiger partial charge on any atom is 0.126 e. The maximum atomic E-state index is 13.5. The van der Waals surface area contributed by atoms with Gasteiger partial charge in [-0.05, 0) is 36.2 Å². The molecule has 0 aliphatic rings. The Morgan fingerprint density at radius 1 is 1.11 bits per heavy atom. The van der Waals surface area contributed by atoms with Crippen LogP contribution in [0.3, 0.4) is 0 Å². The third-order valence-corrected chi connectivity index (χ3v) is 3.44. The molecule has 0 aromatic heterocycles. The van der Waals surface area contributed by atoms with E-state index in [0.717, 1.165) is 0 Å². The van der Waals surface area contributed by atoms with Gasteiger partial charge in [0.05, 0.1) is 0 Å². The summed E-state index contributed by atoms with van der Waals surface area (Å²) in [6.45, 7) is 1.66. The minimum absolute atomic E-state index is 0.357. The summed E-state index contributed by atoms with van der Waals surface area (Å²) in [4.78, 5) is 0. The van der Waals surface area contributed by atoms with Gasteiger partial charge >= 0.3 is 0 Å². The minimum Gasteiger partial charge on any atom is -0.384 e. The van der Waals surface area contributed by atoms with Gasteiger partial charge in [-0.15, -0.1) is 0 Å². The number of hydrogen-bond donors (Lipinski definition) is 1. The second-order valence-corrected chi connectivity index (χ2v) is 4.86. The number of aryl methyl sites for hydroxylation is 1. The van der Waals surface area contributed by atoms with Crippen molar-refractivity contribution >= 4 is 23.2 Å². The molecule has 0 spiro atoms. The summed E-state index contributed by atoms with van der Waals surface area (Å²) in [5.41, 5.74) is 1.34. The first-order valence-electron chi connectivity index (χ1n) is 5.38. The lowest BCUT2D eigenvalue weighted by molar-refractivity contribution is 0.220. The summed E-state index contributed by atoms with van der Waals surface area (Å²) < 4.78 is 13.5. The summed E-state index contributed by atoms with van der Waals surface area (Å²) >= 11 is 12.0. The fourth-order valence-electron chi connectivity index (χ4n) is 1.72. The van der Waals surface area contributed by atoms with Gasteiger partial charge in [-0.2, -0.15) is 0 Å². The van der Waals surface area contributed by atoms with E-state index in [-0.39, 0.29) is 5.82 Å². The molecule has 0 aliphatic heterocycles. The van der Waals surface area contributed by atoms with Gasteiger partial charge in [-0.1, -0.05) is 41.4 Å². The molecular weight excluding hydrogens is 274 g/mol. The molecule has 1 nitrogen and oxygen atoms in total. The van der Waals surface area contributed by atoms with Gasteiger partial charge in [0.25, 0.3) is 0 Å². The molecule has 0 saturated heterocycles. The fraction of sp³-hybridized carbons (Fsp3) is 0.143. The molecular formula is C14H11Cl2FO. The molecule has 0 fully saturated rings. The Kier molecular flexibility index (Phi) is 3.91. The van der Waals surface area contributed by atoms with Crippen molar-refractivity contribution in [2.75, 3.05) is 0 Å². The van der Waals surface area contributed by atoms with Gasteiger partial charge in [0.2, 0.25) is 0 Å². The van der Waals surface area contributed by atoms with E-state index in [1.54, 1.807) is 37.3 Å². The lowest BCUT2D eigenvalue weighted by Gasteiger charge is -2.15. The van der Waals surface area contributed by atoms with Crippen LogP contribution in [-0.2, 0) is 0 Å². The van der Waals surface area contributed by atoms with Crippen LogP contribution in [0.15, 0.2) is 36.4 Å². The highest BCUT2D eigenvalue weighted by Crippen LogP contribution is 2.34. The standard InChI is InChI=1S/C14H11Cl2FO/c1-8-5-6-9(7-12(8)17)14(18)13-10(15)3-2-4-11(13)16/h2-7,14,18H,1H3. The Morgan fingerprint density at radius 2 is 1.72 bits per heavy atom. The highest BCUT2D eigenvalue weighted by Gasteiger charge is 2.18. The van der Waals surface area contributed by atoms with Crippen LogP contribution in [-0.4, -0.2) is 5.11 Å². The highest BCUT2D eigenvalue weighted by atomic mass is 35.5. The average molecular weight is 285 g/mol. The quantitative estimate of drug-likeness (QED) is 0.860. The molecule has 94 valence electrons. The van der Waals surface area contributed by atoms with Crippen LogP contribution in [0.1, 0.15) is 22.8 Å². The van der Waals surface area contributed by atoms with Crippen molar-refractivity contribution in [2.45, 2.75) is 13.0 Å². The first-order valence-corrected chi connectivity index (χ1v) is 6.14. The lowest BCUT2D eigenvalue weighted by atomic mass is 10.00. The monoisotopic (exact) mass is 284 g/mol. The number of aliphatic hydroxyl groups is 1. The minimum atomic E-state index is -1.04. The van der Waals surface area contributed by atoms with E-state index < -0.39 is 6.10 Å². The summed E-state index contributed by atoms with van der Waals surface area (Å²) in [5, 5.41) is 10.9. The van der Waals surface area contributed by atoms with Gasteiger partial charge in [-0.25, -0.2) is 4.39 Å². The van der Waals surface area contributed by atoms with Crippen LogP contribution in [0.5, 0.6) is 0 Å². The van der Waals surface area contributed by atoms with Crippen molar-refractivity contribution in [1.29, 1.82) is 0 Å². The Bertz CT molecular complexity index is 564. The predicted molar refractivity (Wildman–Crippen MR) is 71.7 cm³/mol. The van der Waals surface area contributed by atoms with Crippen LogP contribution in [0.25, 0.3) is 0 Å². The number of hydrogen-bond acceptors (Lipinski definition) is 1. The Morgan fingerprint density at radius 3 is 2.28 bits per heavy atom. The van der Waals surface area contributed by atoms with E-state index in [4.69, 9.17) is 23.2 Å². The van der Waals surface area contributed by atoms with E-state index in [9.17, 15) is 9.50 Å². The molecule has 1 atom stereocenters. The molecule has 1 unspecified atom stereocenters. The first-order chi connectivity index (χ1) is 8.50. The Balaban J connectivity index is 2.48. The van der Waals surface area contributed by atoms with Gasteiger partial charge in [0, 0.05) is 15.6 Å². The summed E-state index contributed by atoms with van der Waals surface area (Å²) in [5.74, 6) is -0.366. The van der Waals surface area contributed by atoms with Crippen LogP contribution in [0.4, 0.5) is 4.39 Å². The van der Waals surface area contributed by atoms with E-state index in [1.807, 2.05) is 0 Å². The lowest BCUT2D eigenvalue weighted by Crippen LogP contribution is -2.02. The second-order valence-electron chi connectivity index (χ2n) is 4.05. The molecule has 0 saturated carbocycles. The topological polar surface area (TPSA) is 20.2 Å². The van der Waals surface area contributed by atoms with Crippen molar-refractivity contribution in [1.82, 2.24) is 0 Å². The first kappa shape index (κ1) is 13.3. The zero-order chi connectivity index (χ0) is 13.3. The van der Waals surface area contributed by atoms with Gasteiger partial charge < -0.3 is 5.11 Å². The molecule has 2 aromatic rings. The van der Waals surface area contributed by atoms with E-state index in [1.165, 1.54) is 6.07 Å².